The van der Waals surface area contributed by atoms with Crippen molar-refractivity contribution in [2.45, 2.75) is 32.4 Å². The van der Waals surface area contributed by atoms with Crippen molar-refractivity contribution in [2.24, 2.45) is 0 Å². The van der Waals surface area contributed by atoms with Crippen LogP contribution in [-0.2, 0) is 11.4 Å². The highest BCUT2D eigenvalue weighted by Crippen LogP contribution is 2.30. The Balaban J connectivity index is 1.33. The van der Waals surface area contributed by atoms with Crippen molar-refractivity contribution >= 4 is 28.6 Å². The van der Waals surface area contributed by atoms with E-state index >= 15 is 0 Å². The predicted molar refractivity (Wildman–Crippen MR) is 126 cm³/mol. The van der Waals surface area contributed by atoms with Crippen LogP contribution in [0.15, 0.2) is 40.9 Å². The lowest BCUT2D eigenvalue weighted by Crippen LogP contribution is -2.42. The van der Waals surface area contributed by atoms with Crippen molar-refractivity contribution in [3.05, 3.63) is 53.4 Å². The topological polar surface area (TPSA) is 108 Å². The number of aryl methyl sites for hydroxylation is 1. The van der Waals surface area contributed by atoms with Gasteiger partial charge in [-0.3, -0.25) is 9.59 Å². The Morgan fingerprint density at radius 1 is 1.29 bits per heavy atom. The Hall–Kier alpha value is -3.59. The summed E-state index contributed by atoms with van der Waals surface area (Å²) in [6.07, 6.45) is 3.48. The molecule has 2 fully saturated rings. The lowest BCUT2D eigenvalue weighted by Gasteiger charge is -2.33. The van der Waals surface area contributed by atoms with E-state index in [0.717, 1.165) is 24.5 Å². The number of aromatic nitrogens is 1. The number of anilines is 1. The van der Waals surface area contributed by atoms with E-state index < -0.39 is 6.04 Å². The maximum Gasteiger partial charge on any atom is 0.256 e. The van der Waals surface area contributed by atoms with Gasteiger partial charge < -0.3 is 29.4 Å². The number of aliphatic hydroxyl groups excluding tert-OH is 1. The summed E-state index contributed by atoms with van der Waals surface area (Å²) < 4.78 is 11.9. The third kappa shape index (κ3) is 4.19. The molecule has 2 amide bonds. The van der Waals surface area contributed by atoms with Crippen molar-refractivity contribution < 1.29 is 23.8 Å². The zero-order valence-corrected chi connectivity index (χ0v) is 19.1. The minimum absolute atomic E-state index is 0.0980. The standard InChI is InChI=1S/C25H28N4O5/c1-16-22(24(31)27-20-7-11-29(12-13-30)25(20)32)19-14-18(5-6-21(19)34-16)33-15-17-4-2-8-26-23(17)28-9-3-10-28/h2,4-6,8,14,20,30H,3,7,9-13,15H2,1H3,(H,27,31). The van der Waals surface area contributed by atoms with Crippen LogP contribution in [0.4, 0.5) is 5.82 Å². The minimum Gasteiger partial charge on any atom is -0.489 e. The van der Waals surface area contributed by atoms with Crippen LogP contribution in [0.3, 0.4) is 0 Å². The number of aliphatic hydroxyl groups is 1. The van der Waals surface area contributed by atoms with Crippen molar-refractivity contribution in [1.29, 1.82) is 0 Å². The number of carbonyl (C=O) groups is 2. The highest BCUT2D eigenvalue weighted by molar-refractivity contribution is 6.08. The van der Waals surface area contributed by atoms with Gasteiger partial charge in [0.15, 0.2) is 0 Å². The van der Waals surface area contributed by atoms with Gasteiger partial charge in [0.1, 0.15) is 35.6 Å². The van der Waals surface area contributed by atoms with Gasteiger partial charge in [-0.1, -0.05) is 6.07 Å². The summed E-state index contributed by atoms with van der Waals surface area (Å²) in [6, 6.07) is 8.72. The number of rotatable bonds is 8. The molecule has 4 heterocycles. The number of hydrogen-bond acceptors (Lipinski definition) is 7. The third-order valence-corrected chi connectivity index (χ3v) is 6.45. The first-order valence-corrected chi connectivity index (χ1v) is 11.6. The number of nitrogens with one attached hydrogen (secondary N) is 1. The average molecular weight is 465 g/mol. The maximum absolute atomic E-state index is 13.1. The third-order valence-electron chi connectivity index (χ3n) is 6.45. The number of hydrogen-bond donors (Lipinski definition) is 2. The molecular formula is C25H28N4O5. The molecule has 2 N–H and O–H groups in total. The van der Waals surface area contributed by atoms with Gasteiger partial charge in [0.2, 0.25) is 5.91 Å². The predicted octanol–water partition coefficient (Wildman–Crippen LogP) is 2.25. The molecule has 2 aromatic heterocycles. The zero-order chi connectivity index (χ0) is 23.7. The first-order valence-electron chi connectivity index (χ1n) is 11.6. The number of furan rings is 1. The molecule has 5 rings (SSSR count). The second-order valence-corrected chi connectivity index (χ2v) is 8.67. The molecule has 2 aliphatic heterocycles. The van der Waals surface area contributed by atoms with Crippen LogP contribution in [0.5, 0.6) is 5.75 Å². The molecule has 0 bridgehead atoms. The fourth-order valence-corrected chi connectivity index (χ4v) is 4.53. The van der Waals surface area contributed by atoms with E-state index in [-0.39, 0.29) is 25.0 Å². The lowest BCUT2D eigenvalue weighted by molar-refractivity contribution is -0.129. The van der Waals surface area contributed by atoms with Gasteiger partial charge >= 0.3 is 0 Å². The fourth-order valence-electron chi connectivity index (χ4n) is 4.53. The summed E-state index contributed by atoms with van der Waals surface area (Å²) in [4.78, 5) is 33.9. The summed E-state index contributed by atoms with van der Waals surface area (Å²) in [6.45, 7) is 4.80. The Labute approximate surface area is 197 Å². The molecule has 178 valence electrons. The maximum atomic E-state index is 13.1. The SMILES string of the molecule is Cc1oc2ccc(OCc3cccnc3N3CCC3)cc2c1C(=O)NC1CCN(CCO)C1=O. The molecule has 0 saturated carbocycles. The average Bonchev–Trinajstić information content (AvgIpc) is 3.30. The number of β-amino-alcohol motifs (C(OH)–C–C–N with tert-alkyl or cyclic N) is 1. The van der Waals surface area contributed by atoms with Crippen molar-refractivity contribution in [1.82, 2.24) is 15.2 Å². The van der Waals surface area contributed by atoms with Gasteiger partial charge in [0, 0.05) is 43.3 Å². The number of likely N-dealkylation sites (tertiary alicyclic amines) is 1. The number of nitrogens with zero attached hydrogens (tertiary/aromatic N) is 3. The van der Waals surface area contributed by atoms with E-state index in [9.17, 15) is 9.59 Å². The molecule has 2 aliphatic rings. The van der Waals surface area contributed by atoms with E-state index in [2.05, 4.69) is 15.2 Å². The summed E-state index contributed by atoms with van der Waals surface area (Å²) >= 11 is 0. The van der Waals surface area contributed by atoms with Gasteiger partial charge in [-0.25, -0.2) is 4.98 Å². The molecule has 0 aliphatic carbocycles. The molecule has 1 atom stereocenters. The Bertz CT molecular complexity index is 1220. The largest absolute Gasteiger partial charge is 0.489 e. The normalized spacial score (nSPS) is 17.8. The highest BCUT2D eigenvalue weighted by atomic mass is 16.5. The Kier molecular flexibility index (Phi) is 6.10. The number of amides is 2. The second kappa shape index (κ2) is 9.34. The highest BCUT2D eigenvalue weighted by Gasteiger charge is 2.33. The van der Waals surface area contributed by atoms with E-state index in [0.29, 0.717) is 47.6 Å². The van der Waals surface area contributed by atoms with E-state index in [1.165, 1.54) is 6.42 Å². The van der Waals surface area contributed by atoms with E-state index in [1.807, 2.05) is 18.2 Å². The molecule has 3 aromatic rings. The fraction of sp³-hybridized carbons (Fsp3) is 0.400. The summed E-state index contributed by atoms with van der Waals surface area (Å²) in [5.74, 6) is 1.52. The number of carbonyl (C=O) groups excluding carboxylic acids is 2. The van der Waals surface area contributed by atoms with Gasteiger partial charge in [-0.15, -0.1) is 0 Å². The van der Waals surface area contributed by atoms with Crippen LogP contribution < -0.4 is 15.0 Å². The van der Waals surface area contributed by atoms with Gasteiger partial charge in [0.25, 0.3) is 5.91 Å². The van der Waals surface area contributed by atoms with Crippen molar-refractivity contribution in [3.8, 4) is 5.75 Å². The first kappa shape index (κ1) is 22.2. The molecule has 34 heavy (non-hydrogen) atoms. The van der Waals surface area contributed by atoms with Gasteiger partial charge in [0.05, 0.1) is 12.2 Å². The van der Waals surface area contributed by atoms with Crippen LogP contribution in [-0.4, -0.2) is 65.6 Å². The second-order valence-electron chi connectivity index (χ2n) is 8.67. The molecule has 9 heteroatoms. The Morgan fingerprint density at radius 2 is 2.15 bits per heavy atom. The van der Waals surface area contributed by atoms with Crippen molar-refractivity contribution in [2.75, 3.05) is 37.7 Å². The molecular weight excluding hydrogens is 436 g/mol. The first-order chi connectivity index (χ1) is 16.5. The van der Waals surface area contributed by atoms with Crippen LogP contribution >= 0.6 is 0 Å². The van der Waals surface area contributed by atoms with Crippen molar-refractivity contribution in [3.63, 3.8) is 0 Å². The zero-order valence-electron chi connectivity index (χ0n) is 19.1. The molecule has 0 radical (unpaired) electrons. The molecule has 1 aromatic carbocycles. The quantitative estimate of drug-likeness (QED) is 0.526. The van der Waals surface area contributed by atoms with Crippen LogP contribution in [0.1, 0.15) is 34.5 Å². The van der Waals surface area contributed by atoms with E-state index in [4.69, 9.17) is 14.3 Å². The summed E-state index contributed by atoms with van der Waals surface area (Å²) in [5.41, 5.74) is 1.99. The molecule has 2 saturated heterocycles. The van der Waals surface area contributed by atoms with Crippen LogP contribution in [0.2, 0.25) is 0 Å². The van der Waals surface area contributed by atoms with Gasteiger partial charge in [-0.2, -0.15) is 0 Å². The number of ether oxygens (including phenoxy) is 1. The Morgan fingerprint density at radius 3 is 2.91 bits per heavy atom. The lowest BCUT2D eigenvalue weighted by atomic mass is 10.1. The van der Waals surface area contributed by atoms with E-state index in [1.54, 1.807) is 30.2 Å². The smallest absolute Gasteiger partial charge is 0.256 e. The molecule has 0 spiro atoms. The minimum atomic E-state index is -0.603. The number of fused-ring (bicyclic) bond motifs is 1. The van der Waals surface area contributed by atoms with Gasteiger partial charge in [-0.05, 0) is 44.0 Å². The molecule has 1 unspecified atom stereocenters. The molecule has 9 nitrogen and oxygen atoms in total. The monoisotopic (exact) mass is 464 g/mol. The van der Waals surface area contributed by atoms with Crippen LogP contribution in [0, 0.1) is 6.92 Å². The summed E-state index contributed by atoms with van der Waals surface area (Å²) in [7, 11) is 0. The van der Waals surface area contributed by atoms with Crippen LogP contribution in [0.25, 0.3) is 11.0 Å². The number of pyridine rings is 1. The summed E-state index contributed by atoms with van der Waals surface area (Å²) in [5, 5.41) is 12.6. The number of benzene rings is 1.